The van der Waals surface area contributed by atoms with Crippen molar-refractivity contribution in [3.05, 3.63) is 51.7 Å². The Morgan fingerprint density at radius 1 is 1.29 bits per heavy atom. The SMILES string of the molecule is CC(C)(C)OC=O.O=[N+]([O-])c1ccccc1-c1csc2nc(CN3CCNCC3)cn12. The van der Waals surface area contributed by atoms with E-state index in [1.807, 2.05) is 42.8 Å². The maximum absolute atomic E-state index is 11.3. The molecule has 0 saturated carbocycles. The van der Waals surface area contributed by atoms with Crippen LogP contribution in [-0.4, -0.2) is 57.5 Å². The fraction of sp³-hybridized carbons (Fsp3) is 0.429. The Balaban J connectivity index is 0.000000339. The molecule has 0 aliphatic carbocycles. The van der Waals surface area contributed by atoms with E-state index in [-0.39, 0.29) is 16.2 Å². The van der Waals surface area contributed by atoms with E-state index in [9.17, 15) is 14.9 Å². The van der Waals surface area contributed by atoms with Crippen LogP contribution in [0.25, 0.3) is 16.2 Å². The van der Waals surface area contributed by atoms with Gasteiger partial charge in [0.15, 0.2) is 4.96 Å². The number of imidazole rings is 1. The van der Waals surface area contributed by atoms with Gasteiger partial charge in [0.2, 0.25) is 0 Å². The minimum atomic E-state index is -0.336. The van der Waals surface area contributed by atoms with Gasteiger partial charge in [0.05, 0.1) is 21.9 Å². The smallest absolute Gasteiger partial charge is 0.293 e. The summed E-state index contributed by atoms with van der Waals surface area (Å²) in [7, 11) is 0. The molecule has 3 aromatic rings. The summed E-state index contributed by atoms with van der Waals surface area (Å²) < 4.78 is 6.51. The quantitative estimate of drug-likeness (QED) is 0.365. The molecule has 1 aliphatic rings. The third kappa shape index (κ3) is 6.09. The number of rotatable bonds is 5. The molecule has 10 heteroatoms. The molecule has 1 fully saturated rings. The molecule has 3 heterocycles. The topological polar surface area (TPSA) is 102 Å². The zero-order valence-corrected chi connectivity index (χ0v) is 18.7. The summed E-state index contributed by atoms with van der Waals surface area (Å²) in [6.07, 6.45) is 2.00. The van der Waals surface area contributed by atoms with Crippen LogP contribution < -0.4 is 5.32 Å². The summed E-state index contributed by atoms with van der Waals surface area (Å²) >= 11 is 1.51. The number of benzene rings is 1. The number of ether oxygens (including phenoxy) is 1. The van der Waals surface area contributed by atoms with Crippen molar-refractivity contribution >= 4 is 28.5 Å². The van der Waals surface area contributed by atoms with Gasteiger partial charge in [0.1, 0.15) is 5.60 Å². The minimum absolute atomic E-state index is 0.120. The minimum Gasteiger partial charge on any atom is -0.462 e. The lowest BCUT2D eigenvalue weighted by molar-refractivity contribution is -0.384. The van der Waals surface area contributed by atoms with E-state index in [0.717, 1.165) is 49.1 Å². The van der Waals surface area contributed by atoms with E-state index in [2.05, 4.69) is 19.9 Å². The highest BCUT2D eigenvalue weighted by atomic mass is 32.1. The number of thiazole rings is 1. The van der Waals surface area contributed by atoms with Crippen molar-refractivity contribution in [2.45, 2.75) is 32.9 Å². The van der Waals surface area contributed by atoms with E-state index < -0.39 is 0 Å². The number of aromatic nitrogens is 2. The lowest BCUT2D eigenvalue weighted by atomic mass is 10.1. The van der Waals surface area contributed by atoms with E-state index in [4.69, 9.17) is 0 Å². The number of carbonyl (C=O) groups excluding carboxylic acids is 1. The Hall–Kier alpha value is -2.82. The first-order valence-corrected chi connectivity index (χ1v) is 10.9. The monoisotopic (exact) mass is 445 g/mol. The molecule has 0 radical (unpaired) electrons. The van der Waals surface area contributed by atoms with Crippen molar-refractivity contribution in [2.24, 2.45) is 0 Å². The van der Waals surface area contributed by atoms with Gasteiger partial charge in [-0.2, -0.15) is 0 Å². The molecule has 0 spiro atoms. The average molecular weight is 446 g/mol. The van der Waals surface area contributed by atoms with Gasteiger partial charge in [-0.15, -0.1) is 11.3 Å². The number of nitrogens with zero attached hydrogens (tertiary/aromatic N) is 4. The van der Waals surface area contributed by atoms with Gasteiger partial charge in [-0.1, -0.05) is 12.1 Å². The molecule has 0 unspecified atom stereocenters. The Labute approximate surface area is 184 Å². The zero-order valence-electron chi connectivity index (χ0n) is 17.9. The number of para-hydroxylation sites is 1. The van der Waals surface area contributed by atoms with Crippen LogP contribution in [0.4, 0.5) is 5.69 Å². The number of piperazine rings is 1. The Morgan fingerprint density at radius 3 is 2.61 bits per heavy atom. The second kappa shape index (κ2) is 9.99. The maximum Gasteiger partial charge on any atom is 0.293 e. The second-order valence-corrected chi connectivity index (χ2v) is 8.97. The molecule has 4 rings (SSSR count). The summed E-state index contributed by atoms with van der Waals surface area (Å²) in [5.41, 5.74) is 2.25. The molecule has 1 aromatic carbocycles. The summed E-state index contributed by atoms with van der Waals surface area (Å²) in [6.45, 7) is 10.8. The lowest BCUT2D eigenvalue weighted by Gasteiger charge is -2.26. The van der Waals surface area contributed by atoms with Gasteiger partial charge in [-0.25, -0.2) is 4.98 Å². The Morgan fingerprint density at radius 2 is 2.00 bits per heavy atom. The first-order chi connectivity index (χ1) is 14.8. The van der Waals surface area contributed by atoms with Crippen molar-refractivity contribution in [3.8, 4) is 11.3 Å². The predicted octanol–water partition coefficient (Wildman–Crippen LogP) is 3.33. The maximum atomic E-state index is 11.3. The van der Waals surface area contributed by atoms with Crippen LogP contribution in [0.5, 0.6) is 0 Å². The van der Waals surface area contributed by atoms with Crippen LogP contribution >= 0.6 is 11.3 Å². The van der Waals surface area contributed by atoms with Crippen molar-refractivity contribution in [2.75, 3.05) is 26.2 Å². The number of carbonyl (C=O) groups is 1. The number of fused-ring (bicyclic) bond motifs is 1. The van der Waals surface area contributed by atoms with E-state index in [1.165, 1.54) is 17.4 Å². The van der Waals surface area contributed by atoms with Gasteiger partial charge < -0.3 is 10.1 Å². The highest BCUT2D eigenvalue weighted by molar-refractivity contribution is 7.15. The normalized spacial score (nSPS) is 14.7. The average Bonchev–Trinajstić information content (AvgIpc) is 3.28. The van der Waals surface area contributed by atoms with Crippen molar-refractivity contribution in [3.63, 3.8) is 0 Å². The van der Waals surface area contributed by atoms with Crippen LogP contribution in [0.1, 0.15) is 26.5 Å². The second-order valence-electron chi connectivity index (χ2n) is 8.13. The van der Waals surface area contributed by atoms with Gasteiger partial charge in [-0.05, 0) is 26.8 Å². The van der Waals surface area contributed by atoms with Crippen LogP contribution in [0.2, 0.25) is 0 Å². The molecule has 1 aliphatic heterocycles. The van der Waals surface area contributed by atoms with Crippen molar-refractivity contribution < 1.29 is 14.5 Å². The standard InChI is InChI=1S/C16H17N5O2S.C5H10O2/c22-21(23)14-4-2-1-3-13(14)15-11-24-16-18-12(10-20(15)16)9-19-7-5-17-6-8-19;1-5(2,3)7-4-6/h1-4,10-11,17H,5-9H2;4H,1-3H3. The summed E-state index contributed by atoms with van der Waals surface area (Å²) in [4.78, 5) is 28.5. The molecule has 0 bridgehead atoms. The largest absolute Gasteiger partial charge is 0.462 e. The molecule has 0 amide bonds. The van der Waals surface area contributed by atoms with E-state index in [0.29, 0.717) is 12.0 Å². The highest BCUT2D eigenvalue weighted by Crippen LogP contribution is 2.33. The van der Waals surface area contributed by atoms with Gasteiger partial charge in [-0.3, -0.25) is 24.2 Å². The molecular weight excluding hydrogens is 418 g/mol. The molecule has 166 valence electrons. The summed E-state index contributed by atoms with van der Waals surface area (Å²) in [5, 5.41) is 16.6. The highest BCUT2D eigenvalue weighted by Gasteiger charge is 2.19. The number of nitrogens with one attached hydrogen (secondary N) is 1. The number of hydrogen-bond donors (Lipinski definition) is 1. The Bertz CT molecular complexity index is 1030. The first kappa shape index (κ1) is 22.9. The number of nitro benzene ring substituents is 1. The van der Waals surface area contributed by atoms with Crippen LogP contribution in [0.15, 0.2) is 35.8 Å². The third-order valence-corrected chi connectivity index (χ3v) is 5.47. The first-order valence-electron chi connectivity index (χ1n) is 10.0. The molecule has 2 aromatic heterocycles. The number of hydrogen-bond acceptors (Lipinski definition) is 8. The van der Waals surface area contributed by atoms with Crippen LogP contribution in [-0.2, 0) is 16.1 Å². The fourth-order valence-electron chi connectivity index (χ4n) is 3.19. The van der Waals surface area contributed by atoms with Crippen molar-refractivity contribution in [1.29, 1.82) is 0 Å². The lowest BCUT2D eigenvalue weighted by Crippen LogP contribution is -2.42. The number of nitro groups is 1. The molecule has 31 heavy (non-hydrogen) atoms. The van der Waals surface area contributed by atoms with Gasteiger partial charge in [0.25, 0.3) is 12.2 Å². The van der Waals surface area contributed by atoms with E-state index in [1.54, 1.807) is 12.1 Å². The third-order valence-electron chi connectivity index (χ3n) is 4.63. The molecule has 1 saturated heterocycles. The molecular formula is C21H27N5O4S. The van der Waals surface area contributed by atoms with Crippen LogP contribution in [0.3, 0.4) is 0 Å². The molecule has 9 nitrogen and oxygen atoms in total. The van der Waals surface area contributed by atoms with Crippen LogP contribution in [0, 0.1) is 10.1 Å². The zero-order chi connectivity index (χ0) is 22.4. The van der Waals surface area contributed by atoms with Gasteiger partial charge in [0, 0.05) is 50.4 Å². The predicted molar refractivity (Wildman–Crippen MR) is 120 cm³/mol. The van der Waals surface area contributed by atoms with Crippen molar-refractivity contribution in [1.82, 2.24) is 19.6 Å². The summed E-state index contributed by atoms with van der Waals surface area (Å²) in [6, 6.07) is 6.84. The molecule has 0 atom stereocenters. The molecule has 1 N–H and O–H groups in total. The summed E-state index contributed by atoms with van der Waals surface area (Å²) in [5.74, 6) is 0. The Kier molecular flexibility index (Phi) is 7.37. The fourth-order valence-corrected chi connectivity index (χ4v) is 4.08. The van der Waals surface area contributed by atoms with E-state index >= 15 is 0 Å². The van der Waals surface area contributed by atoms with Gasteiger partial charge >= 0.3 is 0 Å².